The summed E-state index contributed by atoms with van der Waals surface area (Å²) in [5.74, 6) is -0.433. The first-order valence-electron chi connectivity index (χ1n) is 9.16. The second kappa shape index (κ2) is 5.98. The van der Waals surface area contributed by atoms with Gasteiger partial charge in [-0.25, -0.2) is 8.78 Å². The molecule has 26 heavy (non-hydrogen) atoms. The number of fused-ring (bicyclic) bond motifs is 2. The second-order valence-corrected chi connectivity index (χ2v) is 8.16. The Kier molecular flexibility index (Phi) is 3.99. The van der Waals surface area contributed by atoms with Gasteiger partial charge in [0.2, 0.25) is 0 Å². The number of nitrogens with one attached hydrogen (secondary N) is 1. The summed E-state index contributed by atoms with van der Waals surface area (Å²) in [7, 11) is 0. The van der Waals surface area contributed by atoms with Crippen molar-refractivity contribution in [3.63, 3.8) is 0 Å². The molecule has 0 aromatic heterocycles. The normalized spacial score (nSPS) is 33.9. The minimum absolute atomic E-state index is 0.193. The van der Waals surface area contributed by atoms with E-state index in [1.54, 1.807) is 12.1 Å². The van der Waals surface area contributed by atoms with Crippen molar-refractivity contribution in [2.24, 2.45) is 10.8 Å². The van der Waals surface area contributed by atoms with Crippen molar-refractivity contribution in [2.75, 3.05) is 0 Å². The summed E-state index contributed by atoms with van der Waals surface area (Å²) in [5.41, 5.74) is 0.354. The van der Waals surface area contributed by atoms with Crippen LogP contribution >= 0.6 is 0 Å². The minimum Gasteiger partial charge on any atom is -0.301 e. The summed E-state index contributed by atoms with van der Waals surface area (Å²) in [6.07, 6.45) is 2.47. The van der Waals surface area contributed by atoms with Crippen LogP contribution in [0.15, 0.2) is 48.5 Å². The Bertz CT molecular complexity index is 799. The van der Waals surface area contributed by atoms with Crippen molar-refractivity contribution in [1.29, 1.82) is 0 Å². The molecule has 2 aromatic carbocycles. The SMILES string of the molecule is C[C@]12CCC[C@](C)(C1=O)C(c1cccc(F)c1)NC2c1cccc(F)c1. The Morgan fingerprint density at radius 3 is 1.77 bits per heavy atom. The molecule has 4 heteroatoms. The van der Waals surface area contributed by atoms with Crippen LogP contribution in [0.5, 0.6) is 0 Å². The third kappa shape index (κ3) is 2.50. The average molecular weight is 355 g/mol. The van der Waals surface area contributed by atoms with Crippen molar-refractivity contribution < 1.29 is 13.6 Å². The summed E-state index contributed by atoms with van der Waals surface area (Å²) in [6.45, 7) is 3.97. The average Bonchev–Trinajstić information content (AvgIpc) is 2.59. The highest BCUT2D eigenvalue weighted by Gasteiger charge is 2.60. The number of benzene rings is 2. The molecule has 2 aromatic rings. The molecule has 2 fully saturated rings. The van der Waals surface area contributed by atoms with Gasteiger partial charge in [-0.15, -0.1) is 0 Å². The fourth-order valence-corrected chi connectivity index (χ4v) is 5.09. The number of Topliss-reactive ketones (excluding diaryl/α,β-unsaturated/α-hetero) is 1. The Morgan fingerprint density at radius 1 is 0.885 bits per heavy atom. The zero-order valence-electron chi connectivity index (χ0n) is 15.1. The van der Waals surface area contributed by atoms with Gasteiger partial charge in [0.1, 0.15) is 17.4 Å². The highest BCUT2D eigenvalue weighted by molar-refractivity contribution is 5.93. The predicted octanol–water partition coefficient (Wildman–Crippen LogP) is 5.12. The third-order valence-electron chi connectivity index (χ3n) is 6.40. The smallest absolute Gasteiger partial charge is 0.148 e. The standard InChI is InChI=1S/C22H23F2NO/c1-21-10-5-11-22(2,20(21)26)19(15-7-4-9-17(24)13-15)25-18(21)14-6-3-8-16(23)12-14/h3-4,6-9,12-13,18-19,25H,5,10-11H2,1-2H3/t18?,19?,21-,22+. The van der Waals surface area contributed by atoms with E-state index >= 15 is 0 Å². The number of piperidine rings is 1. The molecular weight excluding hydrogens is 332 g/mol. The molecule has 1 saturated heterocycles. The van der Waals surface area contributed by atoms with Crippen molar-refractivity contribution in [3.8, 4) is 0 Å². The number of carbonyl (C=O) groups excluding carboxylic acids is 1. The van der Waals surface area contributed by atoms with Gasteiger partial charge in [0.15, 0.2) is 0 Å². The highest BCUT2D eigenvalue weighted by Crippen LogP contribution is 2.58. The maximum absolute atomic E-state index is 13.9. The lowest BCUT2D eigenvalue weighted by atomic mass is 9.52. The number of rotatable bonds is 2. The molecule has 2 unspecified atom stereocenters. The van der Waals surface area contributed by atoms with Gasteiger partial charge in [-0.3, -0.25) is 4.79 Å². The molecule has 1 heterocycles. The van der Waals surface area contributed by atoms with E-state index in [0.717, 1.165) is 30.4 Å². The zero-order chi connectivity index (χ0) is 18.5. The summed E-state index contributed by atoms with van der Waals surface area (Å²) in [5, 5.41) is 3.60. The quantitative estimate of drug-likeness (QED) is 0.810. The molecule has 1 N–H and O–H groups in total. The fourth-order valence-electron chi connectivity index (χ4n) is 5.09. The van der Waals surface area contributed by atoms with Gasteiger partial charge in [-0.1, -0.05) is 44.5 Å². The van der Waals surface area contributed by atoms with Gasteiger partial charge in [0, 0.05) is 22.9 Å². The highest BCUT2D eigenvalue weighted by atomic mass is 19.1. The van der Waals surface area contributed by atoms with Crippen molar-refractivity contribution >= 4 is 5.78 Å². The number of ketones is 1. The van der Waals surface area contributed by atoms with Crippen LogP contribution in [-0.4, -0.2) is 5.78 Å². The molecular formula is C22H23F2NO. The zero-order valence-corrected chi connectivity index (χ0v) is 15.1. The Hall–Kier alpha value is -2.07. The molecule has 4 rings (SSSR count). The van der Waals surface area contributed by atoms with Gasteiger partial charge < -0.3 is 5.32 Å². The molecule has 4 atom stereocenters. The summed E-state index contributed by atoms with van der Waals surface area (Å²) < 4.78 is 27.7. The Morgan fingerprint density at radius 2 is 1.35 bits per heavy atom. The van der Waals surface area contributed by atoms with Crippen LogP contribution in [0.1, 0.15) is 56.3 Å². The second-order valence-electron chi connectivity index (χ2n) is 8.16. The van der Waals surface area contributed by atoms with Crippen LogP contribution in [0, 0.1) is 22.5 Å². The Labute approximate surface area is 152 Å². The van der Waals surface area contributed by atoms with E-state index in [1.807, 2.05) is 26.0 Å². The minimum atomic E-state index is -0.593. The van der Waals surface area contributed by atoms with E-state index in [9.17, 15) is 13.6 Å². The molecule has 2 aliphatic rings. The topological polar surface area (TPSA) is 29.1 Å². The number of carbonyl (C=O) groups is 1. The monoisotopic (exact) mass is 355 g/mol. The maximum atomic E-state index is 13.9. The molecule has 0 amide bonds. The number of hydrogen-bond acceptors (Lipinski definition) is 2. The van der Waals surface area contributed by atoms with Crippen LogP contribution in [0.25, 0.3) is 0 Å². The molecule has 0 radical (unpaired) electrons. The fraction of sp³-hybridized carbons (Fsp3) is 0.409. The van der Waals surface area contributed by atoms with Crippen LogP contribution in [0.3, 0.4) is 0 Å². The summed E-state index contributed by atoms with van der Waals surface area (Å²) in [4.78, 5) is 13.6. The van der Waals surface area contributed by atoms with Crippen LogP contribution in [-0.2, 0) is 4.79 Å². The van der Waals surface area contributed by atoms with Crippen LogP contribution < -0.4 is 5.32 Å². The van der Waals surface area contributed by atoms with Crippen LogP contribution in [0.4, 0.5) is 8.78 Å². The lowest BCUT2D eigenvalue weighted by Gasteiger charge is -2.56. The van der Waals surface area contributed by atoms with Gasteiger partial charge in [-0.2, -0.15) is 0 Å². The largest absolute Gasteiger partial charge is 0.301 e. The van der Waals surface area contributed by atoms with Gasteiger partial charge >= 0.3 is 0 Å². The van der Waals surface area contributed by atoms with E-state index in [2.05, 4.69) is 5.32 Å². The van der Waals surface area contributed by atoms with E-state index in [-0.39, 0.29) is 29.5 Å². The first-order valence-corrected chi connectivity index (χ1v) is 9.16. The molecule has 2 bridgehead atoms. The summed E-state index contributed by atoms with van der Waals surface area (Å²) >= 11 is 0. The third-order valence-corrected chi connectivity index (χ3v) is 6.40. The lowest BCUT2D eigenvalue weighted by molar-refractivity contribution is -0.153. The Balaban J connectivity index is 1.85. The van der Waals surface area contributed by atoms with Crippen LogP contribution in [0.2, 0.25) is 0 Å². The molecule has 1 aliphatic heterocycles. The summed E-state index contributed by atoms with van der Waals surface area (Å²) in [6, 6.07) is 12.3. The van der Waals surface area contributed by atoms with E-state index in [4.69, 9.17) is 0 Å². The molecule has 2 nitrogen and oxygen atoms in total. The van der Waals surface area contributed by atoms with E-state index in [0.29, 0.717) is 0 Å². The van der Waals surface area contributed by atoms with Crippen molar-refractivity contribution in [1.82, 2.24) is 5.32 Å². The number of hydrogen-bond donors (Lipinski definition) is 1. The van der Waals surface area contributed by atoms with Crippen molar-refractivity contribution in [2.45, 2.75) is 45.2 Å². The molecule has 1 aliphatic carbocycles. The van der Waals surface area contributed by atoms with E-state index < -0.39 is 10.8 Å². The number of halogens is 2. The van der Waals surface area contributed by atoms with Gasteiger partial charge in [0.05, 0.1) is 0 Å². The van der Waals surface area contributed by atoms with Gasteiger partial charge in [-0.05, 0) is 48.2 Å². The molecule has 136 valence electrons. The van der Waals surface area contributed by atoms with Gasteiger partial charge in [0.25, 0.3) is 0 Å². The lowest BCUT2D eigenvalue weighted by Crippen LogP contribution is -2.61. The predicted molar refractivity (Wildman–Crippen MR) is 96.5 cm³/mol. The first kappa shape index (κ1) is 17.3. The van der Waals surface area contributed by atoms with Crippen molar-refractivity contribution in [3.05, 3.63) is 71.3 Å². The first-order chi connectivity index (χ1) is 12.3. The van der Waals surface area contributed by atoms with E-state index in [1.165, 1.54) is 24.3 Å². The molecule has 1 saturated carbocycles. The maximum Gasteiger partial charge on any atom is 0.148 e. The molecule has 0 spiro atoms.